The lowest BCUT2D eigenvalue weighted by atomic mass is 10.2. The number of rotatable bonds is 5. The molecule has 0 saturated heterocycles. The van der Waals surface area contributed by atoms with Gasteiger partial charge in [-0.05, 0) is 20.8 Å². The van der Waals surface area contributed by atoms with E-state index in [4.69, 9.17) is 9.84 Å². The predicted octanol–water partition coefficient (Wildman–Crippen LogP) is -0.548. The average Bonchev–Trinajstić information content (AvgIpc) is 2.20. The van der Waals surface area contributed by atoms with E-state index in [9.17, 15) is 9.59 Å². The Morgan fingerprint density at radius 2 is 1.94 bits per heavy atom. The van der Waals surface area contributed by atoms with E-state index in [1.807, 2.05) is 20.8 Å². The van der Waals surface area contributed by atoms with Crippen molar-refractivity contribution >= 4 is 11.9 Å². The first-order chi connectivity index (χ1) is 7.26. The molecule has 6 nitrogen and oxygen atoms in total. The van der Waals surface area contributed by atoms with Gasteiger partial charge in [-0.2, -0.15) is 0 Å². The van der Waals surface area contributed by atoms with Crippen LogP contribution in [-0.2, 0) is 19.1 Å². The van der Waals surface area contributed by atoms with Crippen LogP contribution in [0.4, 0.5) is 0 Å². The van der Waals surface area contributed by atoms with Gasteiger partial charge in [-0.3, -0.25) is 4.79 Å². The Morgan fingerprint density at radius 1 is 1.38 bits per heavy atom. The molecule has 0 radical (unpaired) electrons. The fourth-order valence-corrected chi connectivity index (χ4v) is 0.763. The van der Waals surface area contributed by atoms with Crippen molar-refractivity contribution in [3.63, 3.8) is 0 Å². The summed E-state index contributed by atoms with van der Waals surface area (Å²) in [4.78, 5) is 22.0. The van der Waals surface area contributed by atoms with Crippen LogP contribution in [-0.4, -0.2) is 48.9 Å². The summed E-state index contributed by atoms with van der Waals surface area (Å²) in [5.74, 6) is -1.17. The molecule has 94 valence electrons. The second-order valence-electron chi connectivity index (χ2n) is 4.24. The van der Waals surface area contributed by atoms with Gasteiger partial charge in [0.15, 0.2) is 6.10 Å². The van der Waals surface area contributed by atoms with E-state index in [-0.39, 0.29) is 13.2 Å². The molecule has 0 saturated carbocycles. The number of carbonyl (C=O) groups is 2. The minimum atomic E-state index is -1.34. The lowest BCUT2D eigenvalue weighted by Gasteiger charge is -2.19. The molecule has 0 bridgehead atoms. The monoisotopic (exact) mass is 233 g/mol. The van der Waals surface area contributed by atoms with Gasteiger partial charge in [-0.1, -0.05) is 0 Å². The molecule has 0 rings (SSSR count). The highest BCUT2D eigenvalue weighted by Crippen LogP contribution is 2.05. The smallest absolute Gasteiger partial charge is 0.336 e. The van der Waals surface area contributed by atoms with Crippen LogP contribution in [0.1, 0.15) is 20.8 Å². The molecule has 0 aromatic rings. The Kier molecular flexibility index (Phi) is 5.98. The molecule has 1 amide bonds. The van der Waals surface area contributed by atoms with Crippen molar-refractivity contribution < 1.29 is 24.2 Å². The van der Waals surface area contributed by atoms with Gasteiger partial charge in [0.25, 0.3) is 0 Å². The number of esters is 1. The maximum absolute atomic E-state index is 11.2. The molecular weight excluding hydrogens is 214 g/mol. The first-order valence-corrected chi connectivity index (χ1v) is 4.93. The van der Waals surface area contributed by atoms with Crippen LogP contribution in [0.3, 0.4) is 0 Å². The van der Waals surface area contributed by atoms with E-state index in [2.05, 4.69) is 10.1 Å². The summed E-state index contributed by atoms with van der Waals surface area (Å²) in [5, 5.41) is 11.5. The van der Waals surface area contributed by atoms with Gasteiger partial charge in [0.1, 0.15) is 6.61 Å². The van der Waals surface area contributed by atoms with E-state index < -0.39 is 23.6 Å². The number of nitrogens with one attached hydrogen (secondary N) is 1. The average molecular weight is 233 g/mol. The standard InChI is InChI=1S/C10H19NO5/c1-10(2,3)16-6-8(13)11-5-7(12)9(14)15-4/h7,12H,5-6H2,1-4H3,(H,11,13). The summed E-state index contributed by atoms with van der Waals surface area (Å²) < 4.78 is 9.49. The largest absolute Gasteiger partial charge is 0.467 e. The van der Waals surface area contributed by atoms with Crippen LogP contribution < -0.4 is 5.32 Å². The summed E-state index contributed by atoms with van der Waals surface area (Å²) in [5.41, 5.74) is -0.404. The van der Waals surface area contributed by atoms with Gasteiger partial charge in [0.05, 0.1) is 19.3 Å². The van der Waals surface area contributed by atoms with Gasteiger partial charge in [-0.15, -0.1) is 0 Å². The molecule has 0 aliphatic heterocycles. The van der Waals surface area contributed by atoms with E-state index >= 15 is 0 Å². The normalized spacial score (nSPS) is 13.1. The first kappa shape index (κ1) is 14.9. The summed E-state index contributed by atoms with van der Waals surface area (Å²) in [6.45, 7) is 5.17. The molecule has 1 atom stereocenters. The van der Waals surface area contributed by atoms with Crippen LogP contribution in [0.15, 0.2) is 0 Å². The van der Waals surface area contributed by atoms with Gasteiger partial charge < -0.3 is 19.9 Å². The van der Waals surface area contributed by atoms with Gasteiger partial charge in [-0.25, -0.2) is 4.79 Å². The molecule has 2 N–H and O–H groups in total. The zero-order valence-electron chi connectivity index (χ0n) is 10.1. The van der Waals surface area contributed by atoms with E-state index in [1.165, 1.54) is 0 Å². The minimum absolute atomic E-state index is 0.114. The summed E-state index contributed by atoms with van der Waals surface area (Å²) in [7, 11) is 1.16. The number of hydrogen-bond acceptors (Lipinski definition) is 5. The zero-order chi connectivity index (χ0) is 12.8. The summed E-state index contributed by atoms with van der Waals surface area (Å²) >= 11 is 0. The van der Waals surface area contributed by atoms with Gasteiger partial charge in [0, 0.05) is 0 Å². The van der Waals surface area contributed by atoms with E-state index in [0.717, 1.165) is 7.11 Å². The third kappa shape index (κ3) is 7.19. The molecule has 16 heavy (non-hydrogen) atoms. The number of methoxy groups -OCH3 is 1. The summed E-state index contributed by atoms with van der Waals surface area (Å²) in [6, 6.07) is 0. The van der Waals surface area contributed by atoms with Crippen LogP contribution in [0.25, 0.3) is 0 Å². The fraction of sp³-hybridized carbons (Fsp3) is 0.800. The van der Waals surface area contributed by atoms with Crippen LogP contribution in [0, 0.1) is 0 Å². The molecule has 0 aliphatic carbocycles. The molecule has 6 heteroatoms. The zero-order valence-corrected chi connectivity index (χ0v) is 10.1. The molecule has 0 aromatic carbocycles. The number of aliphatic hydroxyl groups excluding tert-OH is 1. The highest BCUT2D eigenvalue weighted by atomic mass is 16.5. The van der Waals surface area contributed by atoms with E-state index in [1.54, 1.807) is 0 Å². The van der Waals surface area contributed by atoms with Crippen molar-refractivity contribution in [3.8, 4) is 0 Å². The number of hydrogen-bond donors (Lipinski definition) is 2. The molecule has 1 unspecified atom stereocenters. The second kappa shape index (κ2) is 6.44. The van der Waals surface area contributed by atoms with E-state index in [0.29, 0.717) is 0 Å². The number of carbonyl (C=O) groups excluding carboxylic acids is 2. The topological polar surface area (TPSA) is 84.9 Å². The molecule has 0 fully saturated rings. The molecule has 0 heterocycles. The maximum atomic E-state index is 11.2. The molecular formula is C10H19NO5. The SMILES string of the molecule is COC(=O)C(O)CNC(=O)COC(C)(C)C. The first-order valence-electron chi connectivity index (χ1n) is 4.93. The quantitative estimate of drug-likeness (QED) is 0.622. The van der Waals surface area contributed by atoms with Crippen LogP contribution >= 0.6 is 0 Å². The van der Waals surface area contributed by atoms with Crippen molar-refractivity contribution in [2.45, 2.75) is 32.5 Å². The fourth-order valence-electron chi connectivity index (χ4n) is 0.763. The van der Waals surface area contributed by atoms with Crippen LogP contribution in [0.5, 0.6) is 0 Å². The molecule has 0 spiro atoms. The summed E-state index contributed by atoms with van der Waals surface area (Å²) in [6.07, 6.45) is -1.34. The molecule has 0 aromatic heterocycles. The van der Waals surface area contributed by atoms with Gasteiger partial charge >= 0.3 is 5.97 Å². The Bertz CT molecular complexity index is 246. The van der Waals surface area contributed by atoms with Crippen molar-refractivity contribution in [1.82, 2.24) is 5.32 Å². The van der Waals surface area contributed by atoms with Crippen molar-refractivity contribution in [2.24, 2.45) is 0 Å². The lowest BCUT2D eigenvalue weighted by molar-refractivity contribution is -0.150. The van der Waals surface area contributed by atoms with Crippen molar-refractivity contribution in [3.05, 3.63) is 0 Å². The van der Waals surface area contributed by atoms with Crippen molar-refractivity contribution in [2.75, 3.05) is 20.3 Å². The van der Waals surface area contributed by atoms with Gasteiger partial charge in [0.2, 0.25) is 5.91 Å². The minimum Gasteiger partial charge on any atom is -0.467 e. The van der Waals surface area contributed by atoms with Crippen molar-refractivity contribution in [1.29, 1.82) is 0 Å². The number of amides is 1. The second-order valence-corrected chi connectivity index (χ2v) is 4.24. The Hall–Kier alpha value is -1.14. The Labute approximate surface area is 94.9 Å². The third-order valence-corrected chi connectivity index (χ3v) is 1.60. The number of ether oxygens (including phenoxy) is 2. The highest BCUT2D eigenvalue weighted by molar-refractivity contribution is 5.79. The highest BCUT2D eigenvalue weighted by Gasteiger charge is 2.17. The Balaban J connectivity index is 3.78. The van der Waals surface area contributed by atoms with Crippen LogP contribution in [0.2, 0.25) is 0 Å². The lowest BCUT2D eigenvalue weighted by Crippen LogP contribution is -2.39. The number of aliphatic hydroxyl groups is 1. The Morgan fingerprint density at radius 3 is 2.38 bits per heavy atom. The maximum Gasteiger partial charge on any atom is 0.336 e. The predicted molar refractivity (Wildman–Crippen MR) is 56.7 cm³/mol. The third-order valence-electron chi connectivity index (χ3n) is 1.60. The molecule has 0 aliphatic rings.